The molecule has 0 aliphatic carbocycles. The van der Waals surface area contributed by atoms with Crippen LogP contribution in [-0.2, 0) is 0 Å². The Bertz CT molecular complexity index is 167. The molecule has 16 heavy (non-hydrogen) atoms. The molecule has 1 aliphatic heterocycles. The third kappa shape index (κ3) is 5.28. The van der Waals surface area contributed by atoms with Gasteiger partial charge in [-0.3, -0.25) is 0 Å². The van der Waals surface area contributed by atoms with Gasteiger partial charge >= 0.3 is 0 Å². The Labute approximate surface area is 100 Å². The Morgan fingerprint density at radius 3 is 2.62 bits per heavy atom. The number of hydrogen-bond donors (Lipinski definition) is 2. The largest absolute Gasteiger partial charge is 0.395 e. The van der Waals surface area contributed by atoms with Gasteiger partial charge in [0.15, 0.2) is 0 Å². The first-order valence-corrected chi connectivity index (χ1v) is 6.82. The van der Waals surface area contributed by atoms with Gasteiger partial charge in [0.25, 0.3) is 0 Å². The molecule has 96 valence electrons. The molecule has 1 fully saturated rings. The van der Waals surface area contributed by atoms with E-state index in [0.29, 0.717) is 12.6 Å². The summed E-state index contributed by atoms with van der Waals surface area (Å²) in [6.45, 7) is 9.18. The molecule has 1 unspecified atom stereocenters. The summed E-state index contributed by atoms with van der Waals surface area (Å²) in [4.78, 5) is 2.37. The van der Waals surface area contributed by atoms with E-state index in [1.165, 1.54) is 32.2 Å². The molecule has 0 aromatic carbocycles. The summed E-state index contributed by atoms with van der Waals surface area (Å²) < 4.78 is 0. The summed E-state index contributed by atoms with van der Waals surface area (Å²) in [7, 11) is 0. The first kappa shape index (κ1) is 13.9. The predicted octanol–water partition coefficient (Wildman–Crippen LogP) is 1.47. The number of aliphatic hydroxyl groups is 1. The first-order chi connectivity index (χ1) is 7.76. The van der Waals surface area contributed by atoms with Gasteiger partial charge in [-0.25, -0.2) is 0 Å². The lowest BCUT2D eigenvalue weighted by Crippen LogP contribution is -2.40. The van der Waals surface area contributed by atoms with Crippen LogP contribution in [0.1, 0.15) is 39.5 Å². The molecule has 0 saturated carbocycles. The maximum atomic E-state index is 8.87. The monoisotopic (exact) mass is 228 g/mol. The highest BCUT2D eigenvalue weighted by Gasteiger charge is 2.18. The minimum Gasteiger partial charge on any atom is -0.395 e. The fourth-order valence-corrected chi connectivity index (χ4v) is 2.46. The molecule has 1 aliphatic rings. The number of piperidine rings is 1. The molecule has 0 aromatic rings. The van der Waals surface area contributed by atoms with Gasteiger partial charge in [-0.1, -0.05) is 13.3 Å². The lowest BCUT2D eigenvalue weighted by atomic mass is 9.96. The van der Waals surface area contributed by atoms with Crippen molar-refractivity contribution in [3.8, 4) is 0 Å². The van der Waals surface area contributed by atoms with Gasteiger partial charge in [-0.05, 0) is 51.7 Å². The van der Waals surface area contributed by atoms with E-state index in [1.54, 1.807) is 0 Å². The van der Waals surface area contributed by atoms with E-state index in [4.69, 9.17) is 5.11 Å². The maximum absolute atomic E-state index is 8.87. The van der Waals surface area contributed by atoms with Crippen molar-refractivity contribution in [3.05, 3.63) is 0 Å². The van der Waals surface area contributed by atoms with Gasteiger partial charge in [0.2, 0.25) is 0 Å². The van der Waals surface area contributed by atoms with E-state index in [0.717, 1.165) is 25.6 Å². The average molecular weight is 228 g/mol. The molecule has 0 spiro atoms. The predicted molar refractivity (Wildman–Crippen MR) is 68.6 cm³/mol. The second-order valence-corrected chi connectivity index (χ2v) is 5.11. The Balaban J connectivity index is 2.07. The van der Waals surface area contributed by atoms with Crippen LogP contribution in [0.4, 0.5) is 0 Å². The van der Waals surface area contributed by atoms with E-state index in [9.17, 15) is 0 Å². The van der Waals surface area contributed by atoms with Gasteiger partial charge in [0.05, 0.1) is 6.61 Å². The minimum atomic E-state index is 0.302. The topological polar surface area (TPSA) is 35.5 Å². The zero-order chi connectivity index (χ0) is 11.8. The number of nitrogens with one attached hydrogen (secondary N) is 1. The number of rotatable bonds is 7. The second kappa shape index (κ2) is 8.04. The van der Waals surface area contributed by atoms with Crippen molar-refractivity contribution in [2.75, 3.05) is 32.8 Å². The Kier molecular flexibility index (Phi) is 7.01. The number of likely N-dealkylation sites (tertiary alicyclic amines) is 1. The summed E-state index contributed by atoms with van der Waals surface area (Å²) in [5, 5.41) is 12.5. The van der Waals surface area contributed by atoms with Crippen LogP contribution in [0.3, 0.4) is 0 Å². The molecule has 1 saturated heterocycles. The van der Waals surface area contributed by atoms with Crippen LogP contribution < -0.4 is 5.32 Å². The fraction of sp³-hybridized carbons (Fsp3) is 1.00. The summed E-state index contributed by atoms with van der Waals surface area (Å²) in [5.74, 6) is 0.842. The van der Waals surface area contributed by atoms with E-state index < -0.39 is 0 Å². The average Bonchev–Trinajstić information content (AvgIpc) is 2.29. The third-order valence-corrected chi connectivity index (χ3v) is 3.60. The van der Waals surface area contributed by atoms with E-state index in [1.807, 2.05) is 0 Å². The highest BCUT2D eigenvalue weighted by molar-refractivity contribution is 4.74. The molecule has 3 heteroatoms. The van der Waals surface area contributed by atoms with Crippen molar-refractivity contribution in [2.45, 2.75) is 45.6 Å². The van der Waals surface area contributed by atoms with Crippen molar-refractivity contribution >= 4 is 0 Å². The summed E-state index contributed by atoms with van der Waals surface area (Å²) in [6, 6.07) is 0.667. The maximum Gasteiger partial charge on any atom is 0.0558 e. The number of nitrogens with zero attached hydrogens (tertiary/aromatic N) is 1. The van der Waals surface area contributed by atoms with Gasteiger partial charge in [-0.2, -0.15) is 0 Å². The molecule has 1 atom stereocenters. The number of hydrogen-bond acceptors (Lipinski definition) is 3. The molecular formula is C13H28N2O. The van der Waals surface area contributed by atoms with Crippen LogP contribution >= 0.6 is 0 Å². The van der Waals surface area contributed by atoms with Crippen molar-refractivity contribution in [2.24, 2.45) is 5.92 Å². The van der Waals surface area contributed by atoms with Crippen molar-refractivity contribution in [1.82, 2.24) is 10.2 Å². The Morgan fingerprint density at radius 2 is 2.06 bits per heavy atom. The quantitative estimate of drug-likeness (QED) is 0.692. The number of aliphatic hydroxyl groups excluding tert-OH is 1. The standard InChI is InChI=1S/C13H28N2O/c1-3-4-12(2)14-11-13-5-7-15(8-6-13)9-10-16/h12-14,16H,3-11H2,1-2H3. The molecular weight excluding hydrogens is 200 g/mol. The van der Waals surface area contributed by atoms with Crippen LogP contribution in [0.25, 0.3) is 0 Å². The minimum absolute atomic E-state index is 0.302. The molecule has 0 amide bonds. The molecule has 0 bridgehead atoms. The van der Waals surface area contributed by atoms with Crippen LogP contribution in [-0.4, -0.2) is 48.8 Å². The first-order valence-electron chi connectivity index (χ1n) is 6.82. The zero-order valence-electron chi connectivity index (χ0n) is 10.9. The van der Waals surface area contributed by atoms with Gasteiger partial charge in [-0.15, -0.1) is 0 Å². The molecule has 0 aromatic heterocycles. The highest BCUT2D eigenvalue weighted by Crippen LogP contribution is 2.16. The normalized spacial score (nSPS) is 21.2. The number of β-amino-alcohol motifs (C(OH)–C–C–N with tert-alkyl or cyclic N) is 1. The Morgan fingerprint density at radius 1 is 1.38 bits per heavy atom. The van der Waals surface area contributed by atoms with Crippen LogP contribution in [0.2, 0.25) is 0 Å². The third-order valence-electron chi connectivity index (χ3n) is 3.60. The molecule has 3 nitrogen and oxygen atoms in total. The molecule has 1 heterocycles. The fourth-order valence-electron chi connectivity index (χ4n) is 2.46. The van der Waals surface area contributed by atoms with Crippen molar-refractivity contribution < 1.29 is 5.11 Å². The smallest absolute Gasteiger partial charge is 0.0558 e. The van der Waals surface area contributed by atoms with Crippen molar-refractivity contribution in [1.29, 1.82) is 0 Å². The van der Waals surface area contributed by atoms with Crippen LogP contribution in [0.5, 0.6) is 0 Å². The highest BCUT2D eigenvalue weighted by atomic mass is 16.3. The van der Waals surface area contributed by atoms with E-state index >= 15 is 0 Å². The molecule has 2 N–H and O–H groups in total. The summed E-state index contributed by atoms with van der Waals surface area (Å²) in [6.07, 6.45) is 5.12. The van der Waals surface area contributed by atoms with Gasteiger partial charge < -0.3 is 15.3 Å². The van der Waals surface area contributed by atoms with Gasteiger partial charge in [0.1, 0.15) is 0 Å². The lowest BCUT2D eigenvalue weighted by molar-refractivity contribution is 0.145. The van der Waals surface area contributed by atoms with Gasteiger partial charge in [0, 0.05) is 12.6 Å². The molecule has 0 radical (unpaired) electrons. The zero-order valence-corrected chi connectivity index (χ0v) is 10.9. The second-order valence-electron chi connectivity index (χ2n) is 5.11. The van der Waals surface area contributed by atoms with Crippen molar-refractivity contribution in [3.63, 3.8) is 0 Å². The van der Waals surface area contributed by atoms with Crippen LogP contribution in [0.15, 0.2) is 0 Å². The summed E-state index contributed by atoms with van der Waals surface area (Å²) >= 11 is 0. The lowest BCUT2D eigenvalue weighted by Gasteiger charge is -2.32. The molecule has 1 rings (SSSR count). The summed E-state index contributed by atoms with van der Waals surface area (Å²) in [5.41, 5.74) is 0. The Hall–Kier alpha value is -0.120. The van der Waals surface area contributed by atoms with Crippen LogP contribution in [0, 0.1) is 5.92 Å². The SMILES string of the molecule is CCCC(C)NCC1CCN(CCO)CC1. The van der Waals surface area contributed by atoms with E-state index in [-0.39, 0.29) is 0 Å². The van der Waals surface area contributed by atoms with E-state index in [2.05, 4.69) is 24.1 Å².